The number of carbonyl (C=O) groups excluding carboxylic acids is 1. The standard InChI is InChI=1S/C14H14ClNO4/c1-18-10-3-4-12(15)13(6-10)16-7-11-5-9(8-20-11)14(17)19-2/h3-6,8,16H,7H2,1-2H3. The number of ether oxygens (including phenoxy) is 2. The number of nitrogens with one attached hydrogen (secondary N) is 1. The number of rotatable bonds is 5. The number of anilines is 1. The van der Waals surface area contributed by atoms with E-state index in [0.29, 0.717) is 28.6 Å². The van der Waals surface area contributed by atoms with Crippen molar-refractivity contribution >= 4 is 23.3 Å². The molecule has 1 aromatic heterocycles. The molecule has 0 aliphatic rings. The van der Waals surface area contributed by atoms with Crippen LogP contribution >= 0.6 is 11.6 Å². The molecule has 0 atom stereocenters. The van der Waals surface area contributed by atoms with Crippen LogP contribution in [0.2, 0.25) is 5.02 Å². The van der Waals surface area contributed by atoms with Crippen molar-refractivity contribution in [2.45, 2.75) is 6.54 Å². The molecule has 0 aliphatic heterocycles. The Balaban J connectivity index is 2.05. The summed E-state index contributed by atoms with van der Waals surface area (Å²) in [6, 6.07) is 6.92. The summed E-state index contributed by atoms with van der Waals surface area (Å²) in [5, 5.41) is 3.69. The van der Waals surface area contributed by atoms with Crippen LogP contribution in [0.3, 0.4) is 0 Å². The minimum atomic E-state index is -0.431. The predicted molar refractivity (Wildman–Crippen MR) is 75.4 cm³/mol. The van der Waals surface area contributed by atoms with Crippen LogP contribution < -0.4 is 10.1 Å². The van der Waals surface area contributed by atoms with E-state index in [-0.39, 0.29) is 0 Å². The van der Waals surface area contributed by atoms with Gasteiger partial charge in [-0.05, 0) is 18.2 Å². The largest absolute Gasteiger partial charge is 0.497 e. The van der Waals surface area contributed by atoms with Crippen molar-refractivity contribution < 1.29 is 18.7 Å². The normalized spacial score (nSPS) is 10.2. The molecule has 0 radical (unpaired) electrons. The fourth-order valence-electron chi connectivity index (χ4n) is 1.65. The van der Waals surface area contributed by atoms with Gasteiger partial charge in [0.1, 0.15) is 17.8 Å². The van der Waals surface area contributed by atoms with Gasteiger partial charge in [0.2, 0.25) is 0 Å². The predicted octanol–water partition coefficient (Wildman–Crippen LogP) is 3.34. The van der Waals surface area contributed by atoms with Crippen LogP contribution in [0.4, 0.5) is 5.69 Å². The second kappa shape index (κ2) is 6.34. The molecule has 5 nitrogen and oxygen atoms in total. The molecule has 1 N–H and O–H groups in total. The van der Waals surface area contributed by atoms with Gasteiger partial charge in [0.05, 0.1) is 37.0 Å². The van der Waals surface area contributed by atoms with Crippen LogP contribution in [0.15, 0.2) is 34.9 Å². The van der Waals surface area contributed by atoms with E-state index in [4.69, 9.17) is 20.8 Å². The fraction of sp³-hybridized carbons (Fsp3) is 0.214. The van der Waals surface area contributed by atoms with Crippen molar-refractivity contribution in [1.82, 2.24) is 0 Å². The van der Waals surface area contributed by atoms with Gasteiger partial charge in [-0.25, -0.2) is 4.79 Å². The third kappa shape index (κ3) is 3.24. The molecule has 0 fully saturated rings. The average molecular weight is 296 g/mol. The molecule has 0 unspecified atom stereocenters. The van der Waals surface area contributed by atoms with Gasteiger partial charge in [-0.2, -0.15) is 0 Å². The Labute approximate surface area is 121 Å². The molecule has 0 bridgehead atoms. The number of hydrogen-bond acceptors (Lipinski definition) is 5. The molecular weight excluding hydrogens is 282 g/mol. The summed E-state index contributed by atoms with van der Waals surface area (Å²) in [4.78, 5) is 11.3. The van der Waals surface area contributed by atoms with E-state index < -0.39 is 5.97 Å². The Hall–Kier alpha value is -2.14. The zero-order chi connectivity index (χ0) is 14.5. The van der Waals surface area contributed by atoms with E-state index >= 15 is 0 Å². The van der Waals surface area contributed by atoms with Crippen molar-refractivity contribution in [2.75, 3.05) is 19.5 Å². The molecular formula is C14H14ClNO4. The van der Waals surface area contributed by atoms with Gasteiger partial charge in [-0.1, -0.05) is 11.6 Å². The highest BCUT2D eigenvalue weighted by atomic mass is 35.5. The van der Waals surface area contributed by atoms with Crippen LogP contribution in [-0.2, 0) is 11.3 Å². The lowest BCUT2D eigenvalue weighted by Crippen LogP contribution is -2.00. The van der Waals surface area contributed by atoms with Crippen LogP contribution in [0.1, 0.15) is 16.1 Å². The maximum absolute atomic E-state index is 11.3. The molecule has 1 heterocycles. The number of furan rings is 1. The molecule has 0 saturated carbocycles. The molecule has 1 aromatic carbocycles. The number of methoxy groups -OCH3 is 2. The summed E-state index contributed by atoms with van der Waals surface area (Å²) in [5.41, 5.74) is 1.10. The highest BCUT2D eigenvalue weighted by Gasteiger charge is 2.10. The van der Waals surface area contributed by atoms with Crippen molar-refractivity contribution in [2.24, 2.45) is 0 Å². The summed E-state index contributed by atoms with van der Waals surface area (Å²) >= 11 is 6.07. The van der Waals surface area contributed by atoms with E-state index in [9.17, 15) is 4.79 Å². The highest BCUT2D eigenvalue weighted by molar-refractivity contribution is 6.33. The summed E-state index contributed by atoms with van der Waals surface area (Å²) in [6.45, 7) is 0.393. The van der Waals surface area contributed by atoms with E-state index in [2.05, 4.69) is 10.1 Å². The zero-order valence-corrected chi connectivity index (χ0v) is 11.9. The maximum atomic E-state index is 11.3. The highest BCUT2D eigenvalue weighted by Crippen LogP contribution is 2.27. The van der Waals surface area contributed by atoms with Gasteiger partial charge in [-0.15, -0.1) is 0 Å². The first kappa shape index (κ1) is 14.3. The Bertz CT molecular complexity index is 609. The lowest BCUT2D eigenvalue weighted by Gasteiger charge is -2.08. The topological polar surface area (TPSA) is 60.7 Å². The SMILES string of the molecule is COC(=O)c1coc(CNc2cc(OC)ccc2Cl)c1. The smallest absolute Gasteiger partial charge is 0.341 e. The van der Waals surface area contributed by atoms with E-state index in [1.807, 2.05) is 0 Å². The van der Waals surface area contributed by atoms with Crippen LogP contribution in [-0.4, -0.2) is 20.2 Å². The number of halogens is 1. The molecule has 0 amide bonds. The van der Waals surface area contributed by atoms with E-state index in [0.717, 1.165) is 5.69 Å². The van der Waals surface area contributed by atoms with Crippen LogP contribution in [0, 0.1) is 0 Å². The zero-order valence-electron chi connectivity index (χ0n) is 11.1. The quantitative estimate of drug-likeness (QED) is 0.857. The second-order valence-corrected chi connectivity index (χ2v) is 4.40. The minimum absolute atomic E-state index is 0.376. The molecule has 6 heteroatoms. The Morgan fingerprint density at radius 3 is 2.85 bits per heavy atom. The van der Waals surface area contributed by atoms with Gasteiger partial charge in [0.15, 0.2) is 0 Å². The second-order valence-electron chi connectivity index (χ2n) is 3.99. The number of carbonyl (C=O) groups is 1. The summed E-state index contributed by atoms with van der Waals surface area (Å²) in [5.74, 6) is 0.871. The first-order chi connectivity index (χ1) is 9.63. The van der Waals surface area contributed by atoms with Gasteiger partial charge < -0.3 is 19.2 Å². The first-order valence-electron chi connectivity index (χ1n) is 5.87. The van der Waals surface area contributed by atoms with Gasteiger partial charge >= 0.3 is 5.97 Å². The summed E-state index contributed by atoms with van der Waals surface area (Å²) < 4.78 is 15.0. The average Bonchev–Trinajstić information content (AvgIpc) is 2.94. The molecule has 106 valence electrons. The van der Waals surface area contributed by atoms with Gasteiger partial charge in [0, 0.05) is 6.07 Å². The fourth-order valence-corrected chi connectivity index (χ4v) is 1.83. The monoisotopic (exact) mass is 295 g/mol. The van der Waals surface area contributed by atoms with Gasteiger partial charge in [-0.3, -0.25) is 0 Å². The molecule has 0 aliphatic carbocycles. The van der Waals surface area contributed by atoms with Crippen molar-refractivity contribution in [3.63, 3.8) is 0 Å². The van der Waals surface area contributed by atoms with Crippen LogP contribution in [0.5, 0.6) is 5.75 Å². The lowest BCUT2D eigenvalue weighted by atomic mass is 10.2. The van der Waals surface area contributed by atoms with Crippen molar-refractivity contribution in [1.29, 1.82) is 0 Å². The number of benzene rings is 1. The lowest BCUT2D eigenvalue weighted by molar-refractivity contribution is 0.0600. The van der Waals surface area contributed by atoms with Crippen molar-refractivity contribution in [3.05, 3.63) is 46.9 Å². The Morgan fingerprint density at radius 2 is 2.15 bits per heavy atom. The summed E-state index contributed by atoms with van der Waals surface area (Å²) in [6.07, 6.45) is 1.36. The number of esters is 1. The molecule has 2 rings (SSSR count). The Morgan fingerprint density at radius 1 is 1.35 bits per heavy atom. The molecule has 0 spiro atoms. The van der Waals surface area contributed by atoms with Crippen LogP contribution in [0.25, 0.3) is 0 Å². The maximum Gasteiger partial charge on any atom is 0.341 e. The van der Waals surface area contributed by atoms with Gasteiger partial charge in [0.25, 0.3) is 0 Å². The first-order valence-corrected chi connectivity index (χ1v) is 6.25. The van der Waals surface area contributed by atoms with E-state index in [1.165, 1.54) is 13.4 Å². The number of hydrogen-bond donors (Lipinski definition) is 1. The molecule has 20 heavy (non-hydrogen) atoms. The minimum Gasteiger partial charge on any atom is -0.497 e. The third-order valence-electron chi connectivity index (χ3n) is 2.70. The van der Waals surface area contributed by atoms with E-state index in [1.54, 1.807) is 31.4 Å². The van der Waals surface area contributed by atoms with Crippen molar-refractivity contribution in [3.8, 4) is 5.75 Å². The summed E-state index contributed by atoms with van der Waals surface area (Å²) in [7, 11) is 2.91. The molecule has 0 saturated heterocycles. The third-order valence-corrected chi connectivity index (χ3v) is 3.03. The molecule has 2 aromatic rings. The Kier molecular flexibility index (Phi) is 4.53.